The van der Waals surface area contributed by atoms with Gasteiger partial charge in [0.05, 0.1) is 6.61 Å². The average Bonchev–Trinajstić information content (AvgIpc) is 2.55. The maximum absolute atomic E-state index is 5.60. The fourth-order valence-electron chi connectivity index (χ4n) is 3.26. The first-order valence-electron chi connectivity index (χ1n) is 8.08. The number of hydrogen-bond acceptors (Lipinski definition) is 2. The summed E-state index contributed by atoms with van der Waals surface area (Å²) in [6, 6.07) is 8.54. The molecule has 0 aliphatic heterocycles. The zero-order valence-electron chi connectivity index (χ0n) is 13.4. The molecule has 0 unspecified atom stereocenters. The second kappa shape index (κ2) is 6.97. The normalized spacial score (nSPS) is 13.2. The van der Waals surface area contributed by atoms with Crippen LogP contribution in [0, 0.1) is 12.3 Å². The van der Waals surface area contributed by atoms with Crippen molar-refractivity contribution in [2.24, 2.45) is 0 Å². The van der Waals surface area contributed by atoms with Crippen molar-refractivity contribution < 1.29 is 9.30 Å². The van der Waals surface area contributed by atoms with Crippen molar-refractivity contribution in [3.8, 4) is 12.3 Å². The average molecular weight is 325 g/mol. The molecule has 4 heteroatoms. The second-order valence-corrected chi connectivity index (χ2v) is 6.10. The Morgan fingerprint density at radius 2 is 2.17 bits per heavy atom. The van der Waals surface area contributed by atoms with E-state index < -0.39 is 0 Å². The van der Waals surface area contributed by atoms with Gasteiger partial charge in [-0.15, -0.1) is 6.42 Å². The fraction of sp³-hybridized carbons (Fsp3) is 0.368. The number of anilines is 1. The Hall–Kier alpha value is -2.12. The molecule has 0 bridgehead atoms. The number of ether oxygens (including phenoxy) is 1. The lowest BCUT2D eigenvalue weighted by molar-refractivity contribution is -0.667. The molecule has 0 fully saturated rings. The van der Waals surface area contributed by atoms with Crippen LogP contribution in [0.2, 0.25) is 0 Å². The first-order valence-corrected chi connectivity index (χ1v) is 8.49. The molecule has 0 radical (unpaired) electrons. The molecule has 1 heterocycles. The molecule has 118 valence electrons. The van der Waals surface area contributed by atoms with E-state index in [2.05, 4.69) is 34.0 Å². The quantitative estimate of drug-likeness (QED) is 0.532. The van der Waals surface area contributed by atoms with Crippen LogP contribution in [0.4, 0.5) is 5.69 Å². The molecule has 1 aromatic carbocycles. The minimum atomic E-state index is 0.404. The van der Waals surface area contributed by atoms with Crippen molar-refractivity contribution >= 4 is 34.0 Å². The minimum absolute atomic E-state index is 0.404. The third kappa shape index (κ3) is 3.30. The van der Waals surface area contributed by atoms with Crippen LogP contribution in [0.3, 0.4) is 0 Å². The van der Waals surface area contributed by atoms with E-state index in [0.717, 1.165) is 18.5 Å². The molecule has 0 atom stereocenters. The summed E-state index contributed by atoms with van der Waals surface area (Å²) in [5.41, 5.74) is 4.94. The summed E-state index contributed by atoms with van der Waals surface area (Å²) in [6.07, 6.45) is 10.3. The maximum atomic E-state index is 5.60. The van der Waals surface area contributed by atoms with E-state index in [-0.39, 0.29) is 0 Å². The van der Waals surface area contributed by atoms with Gasteiger partial charge in [-0.1, -0.05) is 0 Å². The van der Waals surface area contributed by atoms with E-state index in [0.29, 0.717) is 18.3 Å². The van der Waals surface area contributed by atoms with Gasteiger partial charge >= 0.3 is 0 Å². The zero-order valence-corrected chi connectivity index (χ0v) is 14.2. The number of rotatable bonds is 3. The van der Waals surface area contributed by atoms with Gasteiger partial charge in [0.2, 0.25) is 12.1 Å². The van der Waals surface area contributed by atoms with Crippen LogP contribution in [-0.2, 0) is 24.1 Å². The van der Waals surface area contributed by atoms with Gasteiger partial charge in [-0.2, -0.15) is 4.57 Å². The molecule has 3 rings (SSSR count). The molecule has 0 amide bonds. The first-order chi connectivity index (χ1) is 11.2. The summed E-state index contributed by atoms with van der Waals surface area (Å²) < 4.78 is 7.59. The van der Waals surface area contributed by atoms with Crippen LogP contribution in [0.25, 0.3) is 10.9 Å². The Bertz CT molecular complexity index is 792. The number of aryl methyl sites for hydroxylation is 1. The number of pyridine rings is 1. The van der Waals surface area contributed by atoms with Gasteiger partial charge in [0, 0.05) is 29.1 Å². The van der Waals surface area contributed by atoms with Gasteiger partial charge in [0.1, 0.15) is 0 Å². The molecule has 1 aliphatic rings. The number of terminal acetylenes is 1. The topological polar surface area (TPSA) is 25.1 Å². The molecule has 0 saturated heterocycles. The molecule has 1 aliphatic carbocycles. The highest BCUT2D eigenvalue weighted by Gasteiger charge is 2.23. The summed E-state index contributed by atoms with van der Waals surface area (Å²) in [4.78, 5) is 0. The number of fused-ring (bicyclic) bond motifs is 2. The van der Waals surface area contributed by atoms with Crippen molar-refractivity contribution in [3.05, 3.63) is 35.5 Å². The van der Waals surface area contributed by atoms with Gasteiger partial charge in [-0.3, -0.25) is 0 Å². The second-order valence-electron chi connectivity index (χ2n) is 5.73. The summed E-state index contributed by atoms with van der Waals surface area (Å²) >= 11 is 5.16. The van der Waals surface area contributed by atoms with Crippen LogP contribution in [0.5, 0.6) is 0 Å². The van der Waals surface area contributed by atoms with E-state index in [1.54, 1.807) is 0 Å². The van der Waals surface area contributed by atoms with Crippen LogP contribution < -0.4 is 9.88 Å². The van der Waals surface area contributed by atoms with Gasteiger partial charge in [-0.25, -0.2) is 0 Å². The molecular weight excluding hydrogens is 304 g/mol. The lowest BCUT2D eigenvalue weighted by Crippen LogP contribution is -2.41. The maximum Gasteiger partial charge on any atom is 0.261 e. The molecule has 0 spiro atoms. The van der Waals surface area contributed by atoms with Gasteiger partial charge in [0.15, 0.2) is 5.69 Å². The number of thiocarbonyl (C=S) groups is 1. The zero-order chi connectivity index (χ0) is 16.2. The molecule has 1 N–H and O–H groups in total. The Morgan fingerprint density at radius 3 is 2.96 bits per heavy atom. The molecular formula is C19H21N2OS+. The van der Waals surface area contributed by atoms with Gasteiger partial charge in [-0.05, 0) is 62.5 Å². The molecule has 23 heavy (non-hydrogen) atoms. The summed E-state index contributed by atoms with van der Waals surface area (Å²) in [5, 5.41) is 4.72. The van der Waals surface area contributed by atoms with E-state index >= 15 is 0 Å². The number of nitrogens with one attached hydrogen (secondary N) is 1. The highest BCUT2D eigenvalue weighted by Crippen LogP contribution is 2.25. The van der Waals surface area contributed by atoms with E-state index in [9.17, 15) is 0 Å². The van der Waals surface area contributed by atoms with Crippen LogP contribution in [-0.4, -0.2) is 11.8 Å². The lowest BCUT2D eigenvalue weighted by Gasteiger charge is -2.16. The third-order valence-corrected chi connectivity index (χ3v) is 4.45. The Kier molecular flexibility index (Phi) is 4.78. The smallest absolute Gasteiger partial charge is 0.261 e. The van der Waals surface area contributed by atoms with Crippen LogP contribution in [0.15, 0.2) is 24.3 Å². The molecule has 1 aromatic heterocycles. The van der Waals surface area contributed by atoms with E-state index in [4.69, 9.17) is 23.4 Å². The van der Waals surface area contributed by atoms with E-state index in [1.165, 1.54) is 35.0 Å². The molecule has 3 nitrogen and oxygen atoms in total. The van der Waals surface area contributed by atoms with Gasteiger partial charge in [0.25, 0.3) is 5.17 Å². The first kappa shape index (κ1) is 15.8. The third-order valence-electron chi connectivity index (χ3n) is 4.23. The van der Waals surface area contributed by atoms with Gasteiger partial charge < -0.3 is 10.1 Å². The molecule has 0 saturated carbocycles. The predicted molar refractivity (Wildman–Crippen MR) is 97.5 cm³/mol. The highest BCUT2D eigenvalue weighted by molar-refractivity contribution is 7.80. The number of hydrogen-bond donors (Lipinski definition) is 1. The van der Waals surface area contributed by atoms with Crippen molar-refractivity contribution in [2.75, 3.05) is 11.9 Å². The Labute approximate surface area is 142 Å². The summed E-state index contributed by atoms with van der Waals surface area (Å²) in [5.74, 6) is 2.80. The SMILES string of the molecule is C#CC[n+]1c2c(cc3cc(NC(=S)OCC)ccc31)CCCC2. The molecule has 2 aromatic rings. The predicted octanol–water partition coefficient (Wildman–Crippen LogP) is 3.37. The van der Waals surface area contributed by atoms with Crippen molar-refractivity contribution in [3.63, 3.8) is 0 Å². The Morgan fingerprint density at radius 1 is 1.35 bits per heavy atom. The largest absolute Gasteiger partial charge is 0.471 e. The monoisotopic (exact) mass is 325 g/mol. The lowest BCUT2D eigenvalue weighted by atomic mass is 9.94. The van der Waals surface area contributed by atoms with Crippen molar-refractivity contribution in [2.45, 2.75) is 39.2 Å². The van der Waals surface area contributed by atoms with Crippen molar-refractivity contribution in [1.29, 1.82) is 0 Å². The van der Waals surface area contributed by atoms with Crippen molar-refractivity contribution in [1.82, 2.24) is 0 Å². The van der Waals surface area contributed by atoms with Crippen LogP contribution in [0.1, 0.15) is 31.0 Å². The summed E-state index contributed by atoms with van der Waals surface area (Å²) in [6.45, 7) is 3.10. The van der Waals surface area contributed by atoms with E-state index in [1.807, 2.05) is 13.0 Å². The number of nitrogens with zero attached hydrogens (tertiary/aromatic N) is 1. The summed E-state index contributed by atoms with van der Waals surface area (Å²) in [7, 11) is 0. The standard InChI is InChI=1S/C19H20N2OS/c1-3-11-21-17-8-6-5-7-14(17)12-15-13-16(9-10-18(15)21)20-19(23)22-4-2/h1,9-10,12-13H,4-8,11H2,2H3/p+1. The Balaban J connectivity index is 2.05. The fourth-order valence-corrected chi connectivity index (χ4v) is 3.50. The van der Waals surface area contributed by atoms with Crippen LogP contribution >= 0.6 is 12.2 Å². The minimum Gasteiger partial charge on any atom is -0.471 e. The highest BCUT2D eigenvalue weighted by atomic mass is 32.1. The number of aromatic nitrogens is 1. The number of benzene rings is 1.